The molecule has 0 bridgehead atoms. The lowest BCUT2D eigenvalue weighted by Crippen LogP contribution is -2.10. The molecule has 0 saturated carbocycles. The number of hydrogen-bond donors (Lipinski definition) is 0. The summed E-state index contributed by atoms with van der Waals surface area (Å²) in [6.07, 6.45) is 0. The maximum Gasteiger partial charge on any atom is 0.213 e. The van der Waals surface area contributed by atoms with Gasteiger partial charge in [0.25, 0.3) is 0 Å². The van der Waals surface area contributed by atoms with Crippen molar-refractivity contribution in [2.45, 2.75) is 26.2 Å². The molecule has 0 atom stereocenters. The van der Waals surface area contributed by atoms with Crippen molar-refractivity contribution in [3.05, 3.63) is 48.0 Å². The zero-order chi connectivity index (χ0) is 13.2. The van der Waals surface area contributed by atoms with Gasteiger partial charge in [-0.15, -0.1) is 0 Å². The van der Waals surface area contributed by atoms with E-state index in [2.05, 4.69) is 50.0 Å². The Labute approximate surface area is 109 Å². The fourth-order valence-electron chi connectivity index (χ4n) is 1.83. The summed E-state index contributed by atoms with van der Waals surface area (Å²) in [7, 11) is 1.63. The minimum Gasteiger partial charge on any atom is -0.481 e. The molecule has 0 aliphatic heterocycles. The molecule has 0 unspecified atom stereocenters. The number of ether oxygens (including phenoxy) is 1. The van der Waals surface area contributed by atoms with Crippen LogP contribution in [0.4, 0.5) is 0 Å². The second-order valence-electron chi connectivity index (χ2n) is 5.39. The second kappa shape index (κ2) is 4.81. The molecule has 0 aliphatic rings. The normalized spacial score (nSPS) is 11.3. The van der Waals surface area contributed by atoms with Gasteiger partial charge in [-0.25, -0.2) is 4.98 Å². The van der Waals surface area contributed by atoms with Crippen LogP contribution in [-0.2, 0) is 5.41 Å². The molecule has 0 N–H and O–H groups in total. The molecule has 0 fully saturated rings. The van der Waals surface area contributed by atoms with Crippen LogP contribution in [0.5, 0.6) is 5.88 Å². The Balaban J connectivity index is 2.34. The number of aromatic nitrogens is 1. The van der Waals surface area contributed by atoms with Gasteiger partial charge >= 0.3 is 0 Å². The van der Waals surface area contributed by atoms with Crippen LogP contribution < -0.4 is 4.74 Å². The van der Waals surface area contributed by atoms with Crippen molar-refractivity contribution < 1.29 is 4.74 Å². The SMILES string of the molecule is COc1cccc(-c2ccc(C(C)(C)C)cc2)n1. The molecule has 0 spiro atoms. The van der Waals surface area contributed by atoms with E-state index in [4.69, 9.17) is 4.74 Å². The van der Waals surface area contributed by atoms with Gasteiger partial charge in [0.2, 0.25) is 5.88 Å². The summed E-state index contributed by atoms with van der Waals surface area (Å²) in [5, 5.41) is 0. The standard InChI is InChI=1S/C16H19NO/c1-16(2,3)13-10-8-12(9-11-13)14-6-5-7-15(17-14)18-4/h5-11H,1-4H3. The monoisotopic (exact) mass is 241 g/mol. The minimum absolute atomic E-state index is 0.181. The molecular formula is C16H19NO. The maximum atomic E-state index is 5.14. The van der Waals surface area contributed by atoms with E-state index in [0.29, 0.717) is 5.88 Å². The number of nitrogens with zero attached hydrogens (tertiary/aromatic N) is 1. The van der Waals surface area contributed by atoms with Crippen molar-refractivity contribution in [3.63, 3.8) is 0 Å². The molecule has 18 heavy (non-hydrogen) atoms. The third-order valence-corrected chi connectivity index (χ3v) is 2.98. The quantitative estimate of drug-likeness (QED) is 0.791. The van der Waals surface area contributed by atoms with Crippen molar-refractivity contribution in [1.82, 2.24) is 4.98 Å². The first kappa shape index (κ1) is 12.6. The Kier molecular flexibility index (Phi) is 3.37. The van der Waals surface area contributed by atoms with Crippen molar-refractivity contribution in [3.8, 4) is 17.1 Å². The molecule has 94 valence electrons. The van der Waals surface area contributed by atoms with Gasteiger partial charge in [-0.2, -0.15) is 0 Å². The van der Waals surface area contributed by atoms with Gasteiger partial charge in [0.1, 0.15) is 0 Å². The zero-order valence-electron chi connectivity index (χ0n) is 11.4. The Morgan fingerprint density at radius 3 is 2.17 bits per heavy atom. The molecule has 1 aromatic carbocycles. The summed E-state index contributed by atoms with van der Waals surface area (Å²) in [6.45, 7) is 6.64. The van der Waals surface area contributed by atoms with Crippen molar-refractivity contribution in [2.75, 3.05) is 7.11 Å². The van der Waals surface area contributed by atoms with E-state index < -0.39 is 0 Å². The summed E-state index contributed by atoms with van der Waals surface area (Å²) in [4.78, 5) is 4.43. The van der Waals surface area contributed by atoms with Crippen LogP contribution >= 0.6 is 0 Å². The van der Waals surface area contributed by atoms with Gasteiger partial charge in [-0.3, -0.25) is 0 Å². The second-order valence-corrected chi connectivity index (χ2v) is 5.39. The summed E-state index contributed by atoms with van der Waals surface area (Å²) < 4.78 is 5.14. The molecule has 0 saturated heterocycles. The smallest absolute Gasteiger partial charge is 0.213 e. The largest absolute Gasteiger partial charge is 0.481 e. The third kappa shape index (κ3) is 2.70. The average Bonchev–Trinajstić information content (AvgIpc) is 2.38. The summed E-state index contributed by atoms with van der Waals surface area (Å²) in [6, 6.07) is 14.4. The van der Waals surface area contributed by atoms with Crippen molar-refractivity contribution in [2.24, 2.45) is 0 Å². The summed E-state index contributed by atoms with van der Waals surface area (Å²) >= 11 is 0. The molecule has 0 amide bonds. The zero-order valence-corrected chi connectivity index (χ0v) is 11.4. The Morgan fingerprint density at radius 1 is 0.944 bits per heavy atom. The van der Waals surface area contributed by atoms with Crippen LogP contribution in [0.2, 0.25) is 0 Å². The van der Waals surface area contributed by atoms with E-state index >= 15 is 0 Å². The predicted octanol–water partition coefficient (Wildman–Crippen LogP) is 4.05. The van der Waals surface area contributed by atoms with Crippen LogP contribution in [-0.4, -0.2) is 12.1 Å². The van der Waals surface area contributed by atoms with Crippen LogP contribution in [0.25, 0.3) is 11.3 Å². The minimum atomic E-state index is 0.181. The fourth-order valence-corrected chi connectivity index (χ4v) is 1.83. The summed E-state index contributed by atoms with van der Waals surface area (Å²) in [5.41, 5.74) is 3.56. The number of benzene rings is 1. The molecule has 0 aliphatic carbocycles. The molecule has 1 heterocycles. The first-order chi connectivity index (χ1) is 8.50. The molecule has 2 heteroatoms. The first-order valence-electron chi connectivity index (χ1n) is 6.12. The van der Waals surface area contributed by atoms with Crippen molar-refractivity contribution in [1.29, 1.82) is 0 Å². The number of methoxy groups -OCH3 is 1. The number of rotatable bonds is 2. The van der Waals surface area contributed by atoms with Crippen LogP contribution in [0, 0.1) is 0 Å². The van der Waals surface area contributed by atoms with Gasteiger partial charge in [-0.05, 0) is 17.0 Å². The highest BCUT2D eigenvalue weighted by Gasteiger charge is 2.13. The van der Waals surface area contributed by atoms with Crippen molar-refractivity contribution >= 4 is 0 Å². The molecule has 2 rings (SSSR count). The van der Waals surface area contributed by atoms with E-state index in [1.54, 1.807) is 7.11 Å². The van der Waals surface area contributed by atoms with Gasteiger partial charge in [0.05, 0.1) is 12.8 Å². The first-order valence-corrected chi connectivity index (χ1v) is 6.12. The topological polar surface area (TPSA) is 22.1 Å². The van der Waals surface area contributed by atoms with E-state index in [9.17, 15) is 0 Å². The Hall–Kier alpha value is -1.83. The Morgan fingerprint density at radius 2 is 1.61 bits per heavy atom. The van der Waals surface area contributed by atoms with E-state index in [0.717, 1.165) is 11.3 Å². The number of pyridine rings is 1. The number of hydrogen-bond acceptors (Lipinski definition) is 2. The third-order valence-electron chi connectivity index (χ3n) is 2.98. The molecular weight excluding hydrogens is 222 g/mol. The lowest BCUT2D eigenvalue weighted by atomic mass is 9.86. The van der Waals surface area contributed by atoms with Crippen LogP contribution in [0.3, 0.4) is 0 Å². The van der Waals surface area contributed by atoms with E-state index in [1.807, 2.05) is 18.2 Å². The lowest BCUT2D eigenvalue weighted by Gasteiger charge is -2.19. The highest BCUT2D eigenvalue weighted by Crippen LogP contribution is 2.25. The Bertz CT molecular complexity index is 524. The van der Waals surface area contributed by atoms with Crippen LogP contribution in [0.15, 0.2) is 42.5 Å². The maximum absolute atomic E-state index is 5.14. The highest BCUT2D eigenvalue weighted by atomic mass is 16.5. The lowest BCUT2D eigenvalue weighted by molar-refractivity contribution is 0.398. The van der Waals surface area contributed by atoms with Gasteiger partial charge < -0.3 is 4.74 Å². The fraction of sp³-hybridized carbons (Fsp3) is 0.312. The van der Waals surface area contributed by atoms with Crippen LogP contribution in [0.1, 0.15) is 26.3 Å². The van der Waals surface area contributed by atoms with Gasteiger partial charge in [-0.1, -0.05) is 51.1 Å². The molecule has 2 aromatic rings. The molecule has 0 radical (unpaired) electrons. The van der Waals surface area contributed by atoms with E-state index in [1.165, 1.54) is 5.56 Å². The predicted molar refractivity (Wildman–Crippen MR) is 74.9 cm³/mol. The van der Waals surface area contributed by atoms with Gasteiger partial charge in [0, 0.05) is 11.6 Å². The highest BCUT2D eigenvalue weighted by molar-refractivity contribution is 5.60. The van der Waals surface area contributed by atoms with E-state index in [-0.39, 0.29) is 5.41 Å². The average molecular weight is 241 g/mol. The van der Waals surface area contributed by atoms with Gasteiger partial charge in [0.15, 0.2) is 0 Å². The summed E-state index contributed by atoms with van der Waals surface area (Å²) in [5.74, 6) is 0.646. The molecule has 2 nitrogen and oxygen atoms in total. The molecule has 1 aromatic heterocycles.